The van der Waals surface area contributed by atoms with Gasteiger partial charge in [0.2, 0.25) is 0 Å². The average Bonchev–Trinajstić information content (AvgIpc) is 2.53. The molecule has 0 unspecified atom stereocenters. The molecule has 2 aromatic carbocycles. The summed E-state index contributed by atoms with van der Waals surface area (Å²) in [6, 6.07) is 8.84. The highest BCUT2D eigenvalue weighted by Gasteiger charge is 2.20. The minimum absolute atomic E-state index is 0.346. The number of ether oxygens (including phenoxy) is 3. The van der Waals surface area contributed by atoms with Crippen molar-refractivity contribution in [3.63, 3.8) is 0 Å². The fourth-order valence-corrected chi connectivity index (χ4v) is 2.48. The predicted octanol–water partition coefficient (Wildman–Crippen LogP) is 2.97. The van der Waals surface area contributed by atoms with Crippen LogP contribution in [-0.4, -0.2) is 21.3 Å². The average molecular weight is 286 g/mol. The lowest BCUT2D eigenvalue weighted by atomic mass is 10.1. The molecular weight excluding hydrogens is 272 g/mol. The Kier molecular flexibility index (Phi) is 3.17. The van der Waals surface area contributed by atoms with E-state index in [-0.39, 0.29) is 0 Å². The molecule has 0 aliphatic carbocycles. The first-order chi connectivity index (χ1) is 10.2. The maximum Gasteiger partial charge on any atom is 0.344 e. The van der Waals surface area contributed by atoms with E-state index in [1.165, 1.54) is 7.11 Å². The van der Waals surface area contributed by atoms with Gasteiger partial charge in [-0.3, -0.25) is 0 Å². The molecule has 0 bridgehead atoms. The van der Waals surface area contributed by atoms with E-state index in [4.69, 9.17) is 18.6 Å². The van der Waals surface area contributed by atoms with Crippen molar-refractivity contribution < 1.29 is 18.6 Å². The molecule has 5 nitrogen and oxygen atoms in total. The Bertz CT molecular complexity index is 879. The van der Waals surface area contributed by atoms with Gasteiger partial charge in [0.15, 0.2) is 22.8 Å². The van der Waals surface area contributed by atoms with Crippen LogP contribution in [0.4, 0.5) is 0 Å². The highest BCUT2D eigenvalue weighted by Crippen LogP contribution is 2.43. The topological polar surface area (TPSA) is 57.9 Å². The van der Waals surface area contributed by atoms with Gasteiger partial charge in [-0.05, 0) is 6.07 Å². The van der Waals surface area contributed by atoms with E-state index >= 15 is 0 Å². The van der Waals surface area contributed by atoms with Crippen LogP contribution in [0.15, 0.2) is 39.5 Å². The van der Waals surface area contributed by atoms with Gasteiger partial charge in [-0.25, -0.2) is 4.79 Å². The standard InChI is InChI=1S/C16H14O5/c1-18-11-8-12(19-2)15-13(14(11)20-3)9-6-4-5-7-10(9)16(17)21-15/h4-8H,1-3H3. The zero-order valence-corrected chi connectivity index (χ0v) is 11.9. The van der Waals surface area contributed by atoms with Crippen molar-refractivity contribution in [1.29, 1.82) is 0 Å². The van der Waals surface area contributed by atoms with E-state index in [9.17, 15) is 4.79 Å². The maximum absolute atomic E-state index is 12.1. The van der Waals surface area contributed by atoms with Gasteiger partial charge in [0.1, 0.15) is 0 Å². The number of hydrogen-bond donors (Lipinski definition) is 0. The van der Waals surface area contributed by atoms with Gasteiger partial charge in [-0.2, -0.15) is 0 Å². The number of benzene rings is 2. The molecule has 5 heteroatoms. The molecule has 0 amide bonds. The van der Waals surface area contributed by atoms with E-state index in [1.807, 2.05) is 12.1 Å². The van der Waals surface area contributed by atoms with E-state index < -0.39 is 5.63 Å². The van der Waals surface area contributed by atoms with Crippen molar-refractivity contribution in [3.05, 3.63) is 40.8 Å². The molecule has 0 saturated carbocycles. The lowest BCUT2D eigenvalue weighted by Gasteiger charge is -2.14. The Morgan fingerprint density at radius 1 is 0.905 bits per heavy atom. The zero-order chi connectivity index (χ0) is 15.0. The van der Waals surface area contributed by atoms with E-state index in [0.717, 1.165) is 5.39 Å². The highest BCUT2D eigenvalue weighted by atomic mass is 16.5. The maximum atomic E-state index is 12.1. The Morgan fingerprint density at radius 2 is 1.57 bits per heavy atom. The third-order valence-electron chi connectivity index (χ3n) is 3.42. The molecule has 0 fully saturated rings. The summed E-state index contributed by atoms with van der Waals surface area (Å²) in [6.45, 7) is 0. The summed E-state index contributed by atoms with van der Waals surface area (Å²) in [7, 11) is 4.60. The lowest BCUT2D eigenvalue weighted by molar-refractivity contribution is 0.351. The smallest absolute Gasteiger partial charge is 0.344 e. The van der Waals surface area contributed by atoms with Crippen molar-refractivity contribution >= 4 is 21.7 Å². The van der Waals surface area contributed by atoms with Gasteiger partial charge >= 0.3 is 5.63 Å². The number of fused-ring (bicyclic) bond motifs is 3. The van der Waals surface area contributed by atoms with Crippen LogP contribution in [0.5, 0.6) is 17.2 Å². The molecule has 1 heterocycles. The van der Waals surface area contributed by atoms with Crippen LogP contribution in [0.1, 0.15) is 0 Å². The molecule has 0 aliphatic heterocycles. The van der Waals surface area contributed by atoms with Crippen LogP contribution in [0.25, 0.3) is 21.7 Å². The van der Waals surface area contributed by atoms with Crippen molar-refractivity contribution in [3.8, 4) is 17.2 Å². The predicted molar refractivity (Wildman–Crippen MR) is 79.6 cm³/mol. The molecule has 0 aliphatic rings. The molecule has 3 aromatic rings. The van der Waals surface area contributed by atoms with Gasteiger partial charge in [-0.15, -0.1) is 0 Å². The molecule has 1 aromatic heterocycles. The van der Waals surface area contributed by atoms with Crippen LogP contribution >= 0.6 is 0 Å². The summed E-state index contributed by atoms with van der Waals surface area (Å²) in [4.78, 5) is 12.1. The Hall–Kier alpha value is -2.69. The number of methoxy groups -OCH3 is 3. The van der Waals surface area contributed by atoms with Crippen molar-refractivity contribution in [1.82, 2.24) is 0 Å². The highest BCUT2D eigenvalue weighted by molar-refractivity contribution is 6.10. The molecule has 3 rings (SSSR count). The summed E-state index contributed by atoms with van der Waals surface area (Å²) in [5, 5.41) is 1.88. The quantitative estimate of drug-likeness (QED) is 0.547. The number of hydrogen-bond acceptors (Lipinski definition) is 5. The second-order valence-electron chi connectivity index (χ2n) is 4.45. The second kappa shape index (κ2) is 5.01. The van der Waals surface area contributed by atoms with Gasteiger partial charge in [0, 0.05) is 11.5 Å². The lowest BCUT2D eigenvalue weighted by Crippen LogP contribution is -2.02. The molecule has 0 radical (unpaired) electrons. The monoisotopic (exact) mass is 286 g/mol. The van der Waals surface area contributed by atoms with E-state index in [0.29, 0.717) is 33.6 Å². The minimum Gasteiger partial charge on any atom is -0.493 e. The van der Waals surface area contributed by atoms with Crippen molar-refractivity contribution in [2.45, 2.75) is 0 Å². The Morgan fingerprint density at radius 3 is 2.19 bits per heavy atom. The van der Waals surface area contributed by atoms with Crippen LogP contribution in [0.2, 0.25) is 0 Å². The van der Waals surface area contributed by atoms with Crippen LogP contribution in [-0.2, 0) is 0 Å². The first-order valence-electron chi connectivity index (χ1n) is 6.35. The Balaban J connectivity index is 2.64. The molecule has 0 spiro atoms. The third-order valence-corrected chi connectivity index (χ3v) is 3.42. The fourth-order valence-electron chi connectivity index (χ4n) is 2.48. The molecule has 0 saturated heterocycles. The van der Waals surface area contributed by atoms with Crippen molar-refractivity contribution in [2.24, 2.45) is 0 Å². The molecule has 21 heavy (non-hydrogen) atoms. The van der Waals surface area contributed by atoms with Gasteiger partial charge in [-0.1, -0.05) is 18.2 Å². The van der Waals surface area contributed by atoms with Gasteiger partial charge in [0.05, 0.1) is 32.1 Å². The largest absolute Gasteiger partial charge is 0.493 e. The summed E-state index contributed by atoms with van der Waals surface area (Å²) in [5.41, 5.74) is -0.0672. The van der Waals surface area contributed by atoms with Gasteiger partial charge < -0.3 is 18.6 Å². The Labute approximate surface area is 120 Å². The van der Waals surface area contributed by atoms with Crippen LogP contribution in [0.3, 0.4) is 0 Å². The first-order valence-corrected chi connectivity index (χ1v) is 6.35. The summed E-state index contributed by atoms with van der Waals surface area (Å²) in [6.07, 6.45) is 0. The van der Waals surface area contributed by atoms with Crippen LogP contribution < -0.4 is 19.8 Å². The minimum atomic E-state index is -0.413. The SMILES string of the molecule is COc1cc(OC)c2oc(=O)c3ccccc3c2c1OC. The zero-order valence-electron chi connectivity index (χ0n) is 11.9. The molecule has 0 N–H and O–H groups in total. The van der Waals surface area contributed by atoms with Gasteiger partial charge in [0.25, 0.3) is 0 Å². The first kappa shape index (κ1) is 13.3. The second-order valence-corrected chi connectivity index (χ2v) is 4.45. The summed E-state index contributed by atoms with van der Waals surface area (Å²) >= 11 is 0. The molecule has 108 valence electrons. The normalized spacial score (nSPS) is 10.8. The molecular formula is C16H14O5. The summed E-state index contributed by atoms with van der Waals surface area (Å²) < 4.78 is 21.5. The fraction of sp³-hybridized carbons (Fsp3) is 0.188. The third kappa shape index (κ3) is 1.89. The van der Waals surface area contributed by atoms with E-state index in [2.05, 4.69) is 0 Å². The van der Waals surface area contributed by atoms with Crippen LogP contribution in [0, 0.1) is 0 Å². The molecule has 0 atom stereocenters. The van der Waals surface area contributed by atoms with Crippen molar-refractivity contribution in [2.75, 3.05) is 21.3 Å². The van der Waals surface area contributed by atoms with E-state index in [1.54, 1.807) is 32.4 Å². The number of rotatable bonds is 3. The summed E-state index contributed by atoms with van der Waals surface area (Å²) in [5.74, 6) is 1.44.